The summed E-state index contributed by atoms with van der Waals surface area (Å²) >= 11 is 0. The topological polar surface area (TPSA) is 52.1 Å². The molecule has 2 aromatic heterocycles. The fourth-order valence-electron chi connectivity index (χ4n) is 1.02. The first-order valence-corrected chi connectivity index (χ1v) is 4.99. The fourth-order valence-corrected chi connectivity index (χ4v) is 1.02. The van der Waals surface area contributed by atoms with Crippen LogP contribution >= 0.6 is 0 Å². The Hall–Kier alpha value is -1.97. The smallest absolute Gasteiger partial charge is 0.293 e. The number of pyridine rings is 2. The van der Waals surface area contributed by atoms with Crippen molar-refractivity contribution in [2.75, 3.05) is 0 Å². The van der Waals surface area contributed by atoms with E-state index in [2.05, 4.69) is 14.7 Å². The third-order valence-corrected chi connectivity index (χ3v) is 1.70. The molecule has 0 aliphatic rings. The molecule has 16 heavy (non-hydrogen) atoms. The van der Waals surface area contributed by atoms with Crippen LogP contribution in [0.15, 0.2) is 36.7 Å². The third kappa shape index (κ3) is 4.04. The van der Waals surface area contributed by atoms with E-state index >= 15 is 0 Å². The first kappa shape index (κ1) is 12.1. The second kappa shape index (κ2) is 6.50. The van der Waals surface area contributed by atoms with Crippen LogP contribution in [0.5, 0.6) is 0 Å². The van der Waals surface area contributed by atoms with Crippen LogP contribution in [0.2, 0.25) is 0 Å². The molecule has 2 rings (SSSR count). The van der Waals surface area contributed by atoms with Gasteiger partial charge in [-0.15, -0.1) is 0 Å². The predicted molar refractivity (Wildman–Crippen MR) is 61.8 cm³/mol. The highest BCUT2D eigenvalue weighted by Crippen LogP contribution is 2.04. The number of ether oxygens (including phenoxy) is 1. The Kier molecular flexibility index (Phi) is 4.92. The minimum absolute atomic E-state index is 0.0301. The van der Waals surface area contributed by atoms with Crippen LogP contribution in [-0.4, -0.2) is 22.5 Å². The van der Waals surface area contributed by atoms with Gasteiger partial charge < -0.3 is 4.74 Å². The van der Waals surface area contributed by atoms with Crippen LogP contribution in [0.1, 0.15) is 13.8 Å². The maximum Gasteiger partial charge on any atom is 0.293 e. The van der Waals surface area contributed by atoms with Crippen molar-refractivity contribution in [2.45, 2.75) is 20.0 Å². The molecule has 0 N–H and O–H groups in total. The second-order valence-corrected chi connectivity index (χ2v) is 3.33. The Bertz CT molecular complexity index is 378. The van der Waals surface area contributed by atoms with E-state index in [0.29, 0.717) is 6.47 Å². The molecule has 2 aromatic rings. The van der Waals surface area contributed by atoms with E-state index in [1.54, 1.807) is 26.2 Å². The van der Waals surface area contributed by atoms with Gasteiger partial charge in [0.25, 0.3) is 6.47 Å². The third-order valence-electron chi connectivity index (χ3n) is 1.70. The lowest BCUT2D eigenvalue weighted by Gasteiger charge is -1.96. The summed E-state index contributed by atoms with van der Waals surface area (Å²) in [5.41, 5.74) is 0.810. The van der Waals surface area contributed by atoms with Crippen molar-refractivity contribution in [3.05, 3.63) is 36.7 Å². The van der Waals surface area contributed by atoms with E-state index in [4.69, 9.17) is 0 Å². The van der Waals surface area contributed by atoms with Gasteiger partial charge in [0.1, 0.15) is 0 Å². The molecule has 0 fully saturated rings. The van der Waals surface area contributed by atoms with Gasteiger partial charge >= 0.3 is 0 Å². The lowest BCUT2D eigenvalue weighted by Crippen LogP contribution is -1.98. The molecule has 4 heteroatoms. The monoisotopic (exact) mass is 218 g/mol. The zero-order chi connectivity index (χ0) is 11.8. The summed E-state index contributed by atoms with van der Waals surface area (Å²) in [5, 5.41) is 1.09. The molecule has 0 aliphatic carbocycles. The van der Waals surface area contributed by atoms with Crippen LogP contribution in [0.25, 0.3) is 11.0 Å². The maximum absolute atomic E-state index is 9.39. The zero-order valence-electron chi connectivity index (χ0n) is 9.33. The first-order valence-electron chi connectivity index (χ1n) is 4.99. The fraction of sp³-hybridized carbons (Fsp3) is 0.250. The first-order chi connectivity index (χ1) is 7.74. The summed E-state index contributed by atoms with van der Waals surface area (Å²) in [4.78, 5) is 17.5. The van der Waals surface area contributed by atoms with Gasteiger partial charge in [0.2, 0.25) is 0 Å². The highest BCUT2D eigenvalue weighted by Gasteiger charge is 1.88. The molecule has 0 atom stereocenters. The van der Waals surface area contributed by atoms with E-state index in [1.165, 1.54) is 0 Å². The summed E-state index contributed by atoms with van der Waals surface area (Å²) in [6.07, 6.45) is 3.52. The Morgan fingerprint density at radius 1 is 1.19 bits per heavy atom. The van der Waals surface area contributed by atoms with E-state index < -0.39 is 0 Å². The summed E-state index contributed by atoms with van der Waals surface area (Å²) in [7, 11) is 0. The van der Waals surface area contributed by atoms with Crippen molar-refractivity contribution in [1.29, 1.82) is 0 Å². The van der Waals surface area contributed by atoms with Gasteiger partial charge in [0.05, 0.1) is 6.10 Å². The zero-order valence-corrected chi connectivity index (χ0v) is 9.33. The molecule has 0 bridgehead atoms. The Balaban J connectivity index is 0.000000187. The molecule has 0 aliphatic heterocycles. The van der Waals surface area contributed by atoms with Crippen molar-refractivity contribution in [3.8, 4) is 0 Å². The molecular weight excluding hydrogens is 204 g/mol. The molecule has 2 heterocycles. The number of aromatic nitrogens is 2. The van der Waals surface area contributed by atoms with Crippen LogP contribution in [-0.2, 0) is 9.53 Å². The average Bonchev–Trinajstić information content (AvgIpc) is 2.30. The largest absolute Gasteiger partial charge is 0.465 e. The minimum atomic E-state index is 0.0301. The molecule has 0 saturated carbocycles. The Morgan fingerprint density at radius 2 is 1.75 bits per heavy atom. The van der Waals surface area contributed by atoms with Crippen molar-refractivity contribution in [2.24, 2.45) is 0 Å². The predicted octanol–water partition coefficient (Wildman–Crippen LogP) is 2.20. The minimum Gasteiger partial charge on any atom is -0.465 e. The SMILES string of the molecule is CC(C)OC=O.c1cnc2ncccc2c1. The van der Waals surface area contributed by atoms with Crippen molar-refractivity contribution >= 4 is 17.5 Å². The van der Waals surface area contributed by atoms with Gasteiger partial charge in [-0.05, 0) is 38.1 Å². The molecule has 0 radical (unpaired) electrons. The molecule has 84 valence electrons. The Morgan fingerprint density at radius 3 is 2.06 bits per heavy atom. The quantitative estimate of drug-likeness (QED) is 0.725. The van der Waals surface area contributed by atoms with Gasteiger partial charge in [0.15, 0.2) is 5.65 Å². The summed E-state index contributed by atoms with van der Waals surface area (Å²) in [5.74, 6) is 0. The van der Waals surface area contributed by atoms with Crippen LogP contribution in [0.4, 0.5) is 0 Å². The van der Waals surface area contributed by atoms with Crippen molar-refractivity contribution < 1.29 is 9.53 Å². The highest BCUT2D eigenvalue weighted by atomic mass is 16.5. The number of hydrogen-bond donors (Lipinski definition) is 0. The summed E-state index contributed by atoms with van der Waals surface area (Å²) < 4.78 is 4.36. The van der Waals surface area contributed by atoms with Gasteiger partial charge in [-0.3, -0.25) is 4.79 Å². The molecule has 0 saturated heterocycles. The highest BCUT2D eigenvalue weighted by molar-refractivity contribution is 5.73. The molecule has 0 amide bonds. The van der Waals surface area contributed by atoms with E-state index in [9.17, 15) is 4.79 Å². The number of carbonyl (C=O) groups is 1. The molecule has 0 aromatic carbocycles. The van der Waals surface area contributed by atoms with E-state index in [0.717, 1.165) is 11.0 Å². The van der Waals surface area contributed by atoms with E-state index in [1.807, 2.05) is 24.3 Å². The van der Waals surface area contributed by atoms with E-state index in [-0.39, 0.29) is 6.10 Å². The van der Waals surface area contributed by atoms with Gasteiger partial charge in [-0.1, -0.05) is 0 Å². The Labute approximate surface area is 94.3 Å². The second-order valence-electron chi connectivity index (χ2n) is 3.33. The lowest BCUT2D eigenvalue weighted by atomic mass is 10.3. The maximum atomic E-state index is 9.39. The normalized spacial score (nSPS) is 9.44. The standard InChI is InChI=1S/C8H6N2.C4H8O2/c1-3-7-4-2-6-10-8(7)9-5-1;1-4(2)6-3-5/h1-6H;3-4H,1-2H3. The van der Waals surface area contributed by atoms with Gasteiger partial charge in [-0.25, -0.2) is 9.97 Å². The number of nitrogens with zero attached hydrogens (tertiary/aromatic N) is 2. The van der Waals surface area contributed by atoms with Gasteiger partial charge in [0, 0.05) is 17.8 Å². The molecule has 4 nitrogen and oxygen atoms in total. The van der Waals surface area contributed by atoms with Crippen LogP contribution in [0, 0.1) is 0 Å². The van der Waals surface area contributed by atoms with Crippen molar-refractivity contribution in [3.63, 3.8) is 0 Å². The number of fused-ring (bicyclic) bond motifs is 1. The van der Waals surface area contributed by atoms with Crippen molar-refractivity contribution in [1.82, 2.24) is 9.97 Å². The number of carbonyl (C=O) groups excluding carboxylic acids is 1. The molecule has 0 spiro atoms. The average molecular weight is 218 g/mol. The number of rotatable bonds is 2. The van der Waals surface area contributed by atoms with Crippen LogP contribution < -0.4 is 0 Å². The van der Waals surface area contributed by atoms with Gasteiger partial charge in [-0.2, -0.15) is 0 Å². The van der Waals surface area contributed by atoms with Crippen LogP contribution in [0.3, 0.4) is 0 Å². The molecule has 0 unspecified atom stereocenters. The molecular formula is C12H14N2O2. The summed E-state index contributed by atoms with van der Waals surface area (Å²) in [6, 6.07) is 7.80. The lowest BCUT2D eigenvalue weighted by molar-refractivity contribution is -0.131. The summed E-state index contributed by atoms with van der Waals surface area (Å²) in [6.45, 7) is 4.05. The number of hydrogen-bond acceptors (Lipinski definition) is 4.